The smallest absolute Gasteiger partial charge is 0.161 e. The van der Waals surface area contributed by atoms with Crippen LogP contribution >= 0.6 is 11.8 Å². The Morgan fingerprint density at radius 1 is 1.38 bits per heavy atom. The molecule has 1 aromatic carbocycles. The quantitative estimate of drug-likeness (QED) is 0.860. The summed E-state index contributed by atoms with van der Waals surface area (Å²) in [5, 5.41) is 3.65. The molecule has 1 aliphatic heterocycles. The van der Waals surface area contributed by atoms with Gasteiger partial charge in [0.25, 0.3) is 0 Å². The molecule has 0 saturated carbocycles. The minimum absolute atomic E-state index is 0.311. The summed E-state index contributed by atoms with van der Waals surface area (Å²) in [7, 11) is 0. The maximum atomic E-state index is 12.9. The van der Waals surface area contributed by atoms with Crippen LogP contribution in [0.1, 0.15) is 13.3 Å². The van der Waals surface area contributed by atoms with Crippen LogP contribution < -0.4 is 5.32 Å². The van der Waals surface area contributed by atoms with Crippen molar-refractivity contribution in [2.24, 2.45) is 4.99 Å². The molecule has 0 spiro atoms. The van der Waals surface area contributed by atoms with E-state index in [4.69, 9.17) is 0 Å². The van der Waals surface area contributed by atoms with Crippen LogP contribution in [0, 0.1) is 11.6 Å². The lowest BCUT2D eigenvalue weighted by Gasteiger charge is -2.04. The van der Waals surface area contributed by atoms with Gasteiger partial charge in [0.05, 0.1) is 6.04 Å². The van der Waals surface area contributed by atoms with E-state index in [9.17, 15) is 8.78 Å². The molecule has 0 aromatic heterocycles. The fraction of sp³-hybridized carbons (Fsp3) is 0.364. The number of halogens is 2. The average molecular weight is 242 g/mol. The van der Waals surface area contributed by atoms with Crippen molar-refractivity contribution in [2.45, 2.75) is 19.4 Å². The highest BCUT2D eigenvalue weighted by atomic mass is 32.2. The predicted octanol–water partition coefficient (Wildman–Crippen LogP) is 3.26. The van der Waals surface area contributed by atoms with Crippen LogP contribution in [0.4, 0.5) is 14.5 Å². The molecular weight excluding hydrogens is 230 g/mol. The van der Waals surface area contributed by atoms with Crippen LogP contribution in [0.3, 0.4) is 0 Å². The van der Waals surface area contributed by atoms with Crippen LogP contribution in [-0.4, -0.2) is 17.0 Å². The zero-order valence-electron chi connectivity index (χ0n) is 8.84. The van der Waals surface area contributed by atoms with E-state index >= 15 is 0 Å². The summed E-state index contributed by atoms with van der Waals surface area (Å²) in [5.74, 6) is -0.243. The largest absolute Gasteiger partial charge is 0.335 e. The maximum Gasteiger partial charge on any atom is 0.161 e. The van der Waals surface area contributed by atoms with Crippen molar-refractivity contribution in [3.8, 4) is 0 Å². The fourth-order valence-corrected chi connectivity index (χ4v) is 2.52. The third-order valence-corrected chi connectivity index (χ3v) is 3.33. The number of thioether (sulfide) groups is 1. The highest BCUT2D eigenvalue weighted by Gasteiger charge is 2.16. The first kappa shape index (κ1) is 11.4. The number of anilines is 1. The van der Waals surface area contributed by atoms with E-state index in [-0.39, 0.29) is 0 Å². The van der Waals surface area contributed by atoms with E-state index < -0.39 is 11.6 Å². The number of hydrogen-bond acceptors (Lipinski definition) is 3. The van der Waals surface area contributed by atoms with E-state index in [1.54, 1.807) is 11.8 Å². The summed E-state index contributed by atoms with van der Waals surface area (Å²) in [6, 6.07) is 3.67. The molecule has 0 saturated heterocycles. The zero-order valence-corrected chi connectivity index (χ0v) is 9.65. The number of nitrogens with one attached hydrogen (secondary N) is 1. The third kappa shape index (κ3) is 2.72. The van der Waals surface area contributed by atoms with Crippen LogP contribution in [0.5, 0.6) is 0 Å². The molecule has 0 aliphatic carbocycles. The molecule has 1 aromatic rings. The highest BCUT2D eigenvalue weighted by Crippen LogP contribution is 2.22. The molecule has 1 heterocycles. The first-order chi connectivity index (χ1) is 7.67. The summed E-state index contributed by atoms with van der Waals surface area (Å²) >= 11 is 1.58. The van der Waals surface area contributed by atoms with E-state index in [1.807, 2.05) is 0 Å². The fourth-order valence-electron chi connectivity index (χ4n) is 1.44. The minimum Gasteiger partial charge on any atom is -0.335 e. The van der Waals surface area contributed by atoms with Gasteiger partial charge >= 0.3 is 0 Å². The Labute approximate surface area is 97.1 Å². The van der Waals surface area contributed by atoms with Crippen molar-refractivity contribution >= 4 is 22.6 Å². The lowest BCUT2D eigenvalue weighted by Crippen LogP contribution is -2.05. The van der Waals surface area contributed by atoms with E-state index in [2.05, 4.69) is 17.2 Å². The van der Waals surface area contributed by atoms with Gasteiger partial charge in [-0.25, -0.2) is 8.78 Å². The molecule has 1 atom stereocenters. The lowest BCUT2D eigenvalue weighted by atomic mass is 10.3. The Balaban J connectivity index is 2.09. The van der Waals surface area contributed by atoms with Gasteiger partial charge in [-0.15, -0.1) is 0 Å². The van der Waals surface area contributed by atoms with Crippen LogP contribution in [0.25, 0.3) is 0 Å². The summed E-state index contributed by atoms with van der Waals surface area (Å²) in [6.07, 6.45) is 0.982. The monoisotopic (exact) mass is 242 g/mol. The van der Waals surface area contributed by atoms with Crippen molar-refractivity contribution < 1.29 is 8.78 Å². The van der Waals surface area contributed by atoms with Gasteiger partial charge in [-0.3, -0.25) is 4.99 Å². The highest BCUT2D eigenvalue weighted by molar-refractivity contribution is 8.14. The van der Waals surface area contributed by atoms with E-state index in [0.717, 1.165) is 23.4 Å². The number of hydrogen-bond donors (Lipinski definition) is 1. The Bertz CT molecular complexity index is 400. The van der Waals surface area contributed by atoms with E-state index in [0.29, 0.717) is 11.7 Å². The Morgan fingerprint density at radius 3 is 2.62 bits per heavy atom. The van der Waals surface area contributed by atoms with Crippen molar-refractivity contribution in [1.82, 2.24) is 0 Å². The molecule has 0 radical (unpaired) electrons. The average Bonchev–Trinajstić information content (AvgIpc) is 2.64. The van der Waals surface area contributed by atoms with Gasteiger partial charge in [-0.2, -0.15) is 0 Å². The zero-order chi connectivity index (χ0) is 11.5. The molecule has 0 bridgehead atoms. The summed E-state index contributed by atoms with van der Waals surface area (Å²) in [4.78, 5) is 4.38. The maximum absolute atomic E-state index is 12.9. The van der Waals surface area contributed by atoms with Crippen LogP contribution in [-0.2, 0) is 0 Å². The van der Waals surface area contributed by atoms with Gasteiger partial charge in [0, 0.05) is 17.5 Å². The molecule has 1 unspecified atom stereocenters. The molecule has 0 fully saturated rings. The van der Waals surface area contributed by atoms with Gasteiger partial charge in [-0.05, 0) is 18.6 Å². The molecule has 5 heteroatoms. The molecule has 1 N–H and O–H groups in total. The second-order valence-electron chi connectivity index (χ2n) is 3.59. The Kier molecular flexibility index (Phi) is 3.43. The van der Waals surface area contributed by atoms with Crippen molar-refractivity contribution in [3.63, 3.8) is 0 Å². The molecular formula is C11H12F2N2S. The predicted molar refractivity (Wildman–Crippen MR) is 64.0 cm³/mol. The van der Waals surface area contributed by atoms with Gasteiger partial charge in [0.2, 0.25) is 0 Å². The number of nitrogens with zero attached hydrogens (tertiary/aromatic N) is 1. The third-order valence-electron chi connectivity index (χ3n) is 2.30. The molecule has 0 amide bonds. The van der Waals surface area contributed by atoms with Gasteiger partial charge in [-0.1, -0.05) is 18.7 Å². The Hall–Kier alpha value is -1.10. The van der Waals surface area contributed by atoms with Crippen molar-refractivity contribution in [3.05, 3.63) is 29.8 Å². The standard InChI is InChI=1S/C11H12F2N2S/c1-2-9-6-16-11(14-9)15-10-4-7(12)3-8(13)5-10/h3-5,9H,2,6H2,1H3,(H,14,15). The van der Waals surface area contributed by atoms with Crippen LogP contribution in [0.15, 0.2) is 23.2 Å². The first-order valence-corrected chi connectivity index (χ1v) is 6.09. The molecule has 2 rings (SSSR count). The first-order valence-electron chi connectivity index (χ1n) is 5.11. The van der Waals surface area contributed by atoms with Gasteiger partial charge in [0.1, 0.15) is 11.6 Å². The number of aliphatic imine (C=N–C) groups is 1. The van der Waals surface area contributed by atoms with Gasteiger partial charge < -0.3 is 5.32 Å². The number of benzene rings is 1. The lowest BCUT2D eigenvalue weighted by molar-refractivity contribution is 0.584. The molecule has 86 valence electrons. The van der Waals surface area contributed by atoms with Crippen molar-refractivity contribution in [2.75, 3.05) is 11.1 Å². The second kappa shape index (κ2) is 4.82. The van der Waals surface area contributed by atoms with Crippen molar-refractivity contribution in [1.29, 1.82) is 0 Å². The van der Waals surface area contributed by atoms with Crippen LogP contribution in [0.2, 0.25) is 0 Å². The Morgan fingerprint density at radius 2 is 2.06 bits per heavy atom. The molecule has 1 aliphatic rings. The SMILES string of the molecule is CCC1CSC(Nc2cc(F)cc(F)c2)=N1. The second-order valence-corrected chi connectivity index (χ2v) is 4.60. The summed E-state index contributed by atoms with van der Waals surface area (Å²) in [6.45, 7) is 2.07. The molecule has 16 heavy (non-hydrogen) atoms. The molecule has 2 nitrogen and oxygen atoms in total. The normalized spacial score (nSPS) is 19.7. The minimum atomic E-state index is -0.585. The summed E-state index contributed by atoms with van der Waals surface area (Å²) < 4.78 is 25.8. The number of amidine groups is 1. The number of rotatable bonds is 2. The topological polar surface area (TPSA) is 24.4 Å². The summed E-state index contributed by atoms with van der Waals surface area (Å²) in [5.41, 5.74) is 0.403. The van der Waals surface area contributed by atoms with E-state index in [1.165, 1.54) is 12.1 Å². The van der Waals surface area contributed by atoms with Gasteiger partial charge in [0.15, 0.2) is 5.17 Å².